The molecule has 356 valence electrons. The van der Waals surface area contributed by atoms with Gasteiger partial charge in [-0.25, -0.2) is 21.0 Å². The quantitative estimate of drug-likeness (QED) is 0.139. The summed E-state index contributed by atoms with van der Waals surface area (Å²) in [5, 5.41) is 24.1. The first-order valence-electron chi connectivity index (χ1n) is 18.0. The third kappa shape index (κ3) is 25.1. The van der Waals surface area contributed by atoms with Gasteiger partial charge in [0.25, 0.3) is 0 Å². The van der Waals surface area contributed by atoms with Crippen LogP contribution in [0.3, 0.4) is 0 Å². The average Bonchev–Trinajstić information content (AvgIpc) is 3.44. The second kappa shape index (κ2) is 28.0. The summed E-state index contributed by atoms with van der Waals surface area (Å²) in [6.45, 7) is 14.5. The molecule has 4 aliphatic heterocycles. The summed E-state index contributed by atoms with van der Waals surface area (Å²) in [6, 6.07) is 0.284. The number of aliphatic carboxylic acids is 2. The van der Waals surface area contributed by atoms with Crippen molar-refractivity contribution in [2.45, 2.75) is 104 Å². The Morgan fingerprint density at radius 2 is 1.14 bits per heavy atom. The lowest BCUT2D eigenvalue weighted by molar-refractivity contribution is -0.323. The molecule has 13 atom stereocenters. The van der Waals surface area contributed by atoms with Crippen molar-refractivity contribution in [2.24, 2.45) is 41.4 Å². The predicted molar refractivity (Wildman–Crippen MR) is 198 cm³/mol. The van der Waals surface area contributed by atoms with Crippen LogP contribution in [0.1, 0.15) is 67.7 Å². The number of carboxylic acid groups (broad SMARTS) is 2. The smallest absolute Gasteiger partial charge is 0.397 e. The topological polar surface area (TPSA) is 420 Å². The fourth-order valence-corrected chi connectivity index (χ4v) is 7.13. The minimum atomic E-state index is -4.80. The van der Waals surface area contributed by atoms with Crippen LogP contribution in [0, 0.1) is 41.4 Å². The number of nitrogens with one attached hydrogen (secondary N) is 1. The summed E-state index contributed by atoms with van der Waals surface area (Å²) in [5.74, 6) is -0.160. The van der Waals surface area contributed by atoms with Gasteiger partial charge in [0.05, 0.1) is 82.1 Å². The van der Waals surface area contributed by atoms with Crippen molar-refractivity contribution in [3.05, 3.63) is 0 Å². The van der Waals surface area contributed by atoms with Crippen LogP contribution in [0.4, 0.5) is 0 Å². The number of carbonyl (C=O) groups excluding carboxylic acids is 2. The van der Waals surface area contributed by atoms with E-state index in [1.807, 2.05) is 20.9 Å². The van der Waals surface area contributed by atoms with Crippen LogP contribution >= 0.6 is 0 Å². The van der Waals surface area contributed by atoms with Crippen LogP contribution in [0.5, 0.6) is 0 Å². The number of carboxylic acids is 2. The lowest BCUT2D eigenvalue weighted by Crippen LogP contribution is -2.48. The van der Waals surface area contributed by atoms with Crippen LogP contribution in [0.2, 0.25) is 0 Å². The highest BCUT2D eigenvalue weighted by molar-refractivity contribution is 7.81. The van der Waals surface area contributed by atoms with Crippen molar-refractivity contribution in [3.8, 4) is 0 Å². The Morgan fingerprint density at radius 1 is 0.627 bits per heavy atom. The summed E-state index contributed by atoms with van der Waals surface area (Å²) >= 11 is 0. The van der Waals surface area contributed by atoms with Gasteiger partial charge in [0.2, 0.25) is 20.8 Å². The zero-order valence-corrected chi connectivity index (χ0v) is 36.7. The molecule has 0 bridgehead atoms. The van der Waals surface area contributed by atoms with E-state index in [0.29, 0.717) is 68.7 Å². The molecule has 13 unspecified atom stereocenters. The highest BCUT2D eigenvalue weighted by Gasteiger charge is 2.34. The Kier molecular flexibility index (Phi) is 29.2. The largest absolute Gasteiger partial charge is 0.726 e. The van der Waals surface area contributed by atoms with Crippen molar-refractivity contribution in [1.82, 2.24) is 5.32 Å². The molecule has 4 saturated heterocycles. The van der Waals surface area contributed by atoms with Crippen molar-refractivity contribution in [2.75, 3.05) is 46.7 Å². The van der Waals surface area contributed by atoms with Gasteiger partial charge in [-0.2, -0.15) is 8.42 Å². The molecule has 4 heterocycles. The number of ether oxygens (including phenoxy) is 4. The lowest BCUT2D eigenvalue weighted by atomic mass is 9.80. The van der Waals surface area contributed by atoms with E-state index < -0.39 is 80.8 Å². The number of hydrogen-bond acceptors (Lipinski definition) is 20. The Bertz CT molecular complexity index is 1530. The fourth-order valence-electron chi connectivity index (χ4n) is 6.19. The molecule has 59 heavy (non-hydrogen) atoms. The predicted octanol–water partition coefficient (Wildman–Crippen LogP) is -4.08. The van der Waals surface area contributed by atoms with Gasteiger partial charge in [0, 0.05) is 6.04 Å². The maximum atomic E-state index is 10.6. The minimum absolute atomic E-state index is 0. The molecule has 4 rings (SSSR count). The summed E-state index contributed by atoms with van der Waals surface area (Å²) in [5.41, 5.74) is 0. The Morgan fingerprint density at radius 3 is 1.59 bits per heavy atom. The van der Waals surface area contributed by atoms with Crippen molar-refractivity contribution >= 4 is 43.1 Å². The van der Waals surface area contributed by atoms with Gasteiger partial charge in [-0.1, -0.05) is 48.5 Å². The maximum absolute atomic E-state index is 10.6. The van der Waals surface area contributed by atoms with E-state index in [1.54, 1.807) is 6.92 Å². The lowest BCUT2D eigenvalue weighted by Gasteiger charge is -2.38. The van der Waals surface area contributed by atoms with E-state index in [2.05, 4.69) is 45.6 Å². The molecule has 0 aliphatic carbocycles. The highest BCUT2D eigenvalue weighted by atomic mass is 32.3. The van der Waals surface area contributed by atoms with Gasteiger partial charge in [0.1, 0.15) is 0 Å². The molecule has 24 nitrogen and oxygen atoms in total. The van der Waals surface area contributed by atoms with Gasteiger partial charge in [-0.3, -0.25) is 12.9 Å². The third-order valence-electron chi connectivity index (χ3n) is 10.4. The minimum Gasteiger partial charge on any atom is -0.726 e. The number of likely N-dealkylation sites (N-methyl/N-ethyl adjacent to an activating group) is 1. The third-order valence-corrected chi connectivity index (χ3v) is 11.7. The molecule has 4 fully saturated rings. The molecule has 8 N–H and O–H groups in total. The van der Waals surface area contributed by atoms with E-state index >= 15 is 0 Å². The zero-order chi connectivity index (χ0) is 43.2. The number of rotatable bonds is 12. The van der Waals surface area contributed by atoms with Crippen LogP contribution in [0.25, 0.3) is 0 Å². The molecular formula is C32H63NO23S3-4. The number of hydrogen-bond donors (Lipinski definition) is 2. The van der Waals surface area contributed by atoms with Crippen LogP contribution in [-0.4, -0.2) is 151 Å². The molecule has 0 spiro atoms. The average molecular weight is 926 g/mol. The van der Waals surface area contributed by atoms with E-state index in [0.717, 1.165) is 0 Å². The zero-order valence-electron chi connectivity index (χ0n) is 34.3. The highest BCUT2D eigenvalue weighted by Crippen LogP contribution is 2.30. The summed E-state index contributed by atoms with van der Waals surface area (Å²) in [6.07, 6.45) is -1.33. The molecule has 0 aromatic carbocycles. The molecular weight excluding hydrogens is 863 g/mol. The molecule has 4 aliphatic rings. The molecule has 0 saturated carbocycles. The summed E-state index contributed by atoms with van der Waals surface area (Å²) in [7, 11) is -12.1. The van der Waals surface area contributed by atoms with Crippen molar-refractivity contribution < 1.29 is 107 Å². The van der Waals surface area contributed by atoms with Crippen molar-refractivity contribution in [3.63, 3.8) is 0 Å². The molecule has 0 aromatic heterocycles. The Hall–Kier alpha value is -1.77. The van der Waals surface area contributed by atoms with Gasteiger partial charge >= 0.3 is 10.4 Å². The number of carbonyl (C=O) groups is 2. The second-order valence-electron chi connectivity index (χ2n) is 14.8. The first-order valence-corrected chi connectivity index (χ1v) is 22.1. The molecule has 27 heteroatoms. The van der Waals surface area contributed by atoms with E-state index in [4.69, 9.17) is 23.5 Å². The van der Waals surface area contributed by atoms with Crippen molar-refractivity contribution in [1.29, 1.82) is 0 Å². The normalized spacial score (nSPS) is 33.2. The Balaban J connectivity index is -0.000000708. The monoisotopic (exact) mass is 925 g/mol. The van der Waals surface area contributed by atoms with Crippen LogP contribution < -0.4 is 15.5 Å². The van der Waals surface area contributed by atoms with Gasteiger partial charge in [-0.15, -0.1) is 0 Å². The fraction of sp³-hybridized carbons (Fsp3) is 0.938. The Labute approximate surface area is 346 Å². The van der Waals surface area contributed by atoms with E-state index in [-0.39, 0.29) is 47.0 Å². The summed E-state index contributed by atoms with van der Waals surface area (Å²) in [4.78, 5) is 21.0. The maximum Gasteiger partial charge on any atom is 0.397 e. The SMILES string of the molecule is CC1CC(COS(=O)(=O)[O-])OC1COS(=O)(=O)[O-].CC1COC(C(=O)[O-])C(C)C1C.CC1COC(C(=O)[O-])CC1C.CNC1COC(COS(=O)(=O)O)CC1C.O.O.O. The van der Waals surface area contributed by atoms with E-state index in [9.17, 15) is 54.2 Å². The van der Waals surface area contributed by atoms with Gasteiger partial charge < -0.3 is 69.6 Å². The first-order chi connectivity index (χ1) is 25.6. The molecule has 0 radical (unpaired) electrons. The van der Waals surface area contributed by atoms with Gasteiger partial charge in [-0.05, 0) is 67.7 Å². The molecule has 0 amide bonds. The second-order valence-corrected chi connectivity index (χ2v) is 18.0. The summed E-state index contributed by atoms with van der Waals surface area (Å²) < 4.78 is 124. The van der Waals surface area contributed by atoms with Crippen LogP contribution in [-0.2, 0) is 72.3 Å². The standard InChI is InChI=1S/C9H16O3.C8H17NO5S.C8H14O3.C7H14O9S2.3H2O/c1-5-4-12-8(9(10)11)7(3)6(5)2;1-6-3-7(4-14-15(10,11)12)13-5-8(6)9-2;1-5-3-7(8(9)10)11-4-6(5)2;1-5-2-6(3-14-17(8,9)10)16-7(5)4-15-18(11,12)13;;;/h5-8H,4H2,1-3H3,(H,10,11);6-9H,3-5H2,1-2H3,(H,10,11,12);5-7H,3-4H2,1-2H3,(H,9,10);5-7H,2-4H2,1H3,(H,8,9,10)(H,11,12,13);3*1H2/p-4. The van der Waals surface area contributed by atoms with Crippen LogP contribution in [0.15, 0.2) is 0 Å². The first kappa shape index (κ1) is 61.5. The van der Waals surface area contributed by atoms with E-state index in [1.165, 1.54) is 0 Å². The van der Waals surface area contributed by atoms with Gasteiger partial charge in [0.15, 0.2) is 0 Å². The molecule has 0 aromatic rings.